The number of halogens is 3. The summed E-state index contributed by atoms with van der Waals surface area (Å²) in [5.41, 5.74) is 0.865. The number of rotatable bonds is 5. The lowest BCUT2D eigenvalue weighted by atomic mass is 10.2. The van der Waals surface area contributed by atoms with Crippen molar-refractivity contribution in [3.63, 3.8) is 0 Å². The summed E-state index contributed by atoms with van der Waals surface area (Å²) in [6, 6.07) is 9.25. The third-order valence-corrected chi connectivity index (χ3v) is 3.58. The molecule has 4 nitrogen and oxygen atoms in total. The van der Waals surface area contributed by atoms with Crippen LogP contribution in [0.15, 0.2) is 42.5 Å². The van der Waals surface area contributed by atoms with Gasteiger partial charge in [-0.3, -0.25) is 9.59 Å². The van der Waals surface area contributed by atoms with E-state index in [1.54, 1.807) is 0 Å². The highest BCUT2D eigenvalue weighted by atomic mass is 35.5. The normalized spacial score (nSPS) is 10.3. The van der Waals surface area contributed by atoms with Crippen LogP contribution < -0.4 is 10.2 Å². The Balaban J connectivity index is 2.00. The van der Waals surface area contributed by atoms with Crippen LogP contribution in [0.2, 0.25) is 5.02 Å². The van der Waals surface area contributed by atoms with E-state index in [1.165, 1.54) is 48.2 Å². The van der Waals surface area contributed by atoms with Crippen LogP contribution >= 0.6 is 11.6 Å². The third kappa shape index (κ3) is 4.76. The smallest absolute Gasteiger partial charge is 0.226 e. The molecule has 0 aliphatic heterocycles. The molecule has 0 unspecified atom stereocenters. The van der Waals surface area contributed by atoms with Gasteiger partial charge in [-0.1, -0.05) is 11.6 Å². The van der Waals surface area contributed by atoms with Crippen LogP contribution in [0.5, 0.6) is 0 Å². The zero-order valence-corrected chi connectivity index (χ0v) is 13.6. The molecule has 2 aromatic rings. The van der Waals surface area contributed by atoms with Gasteiger partial charge in [0.25, 0.3) is 0 Å². The van der Waals surface area contributed by atoms with Gasteiger partial charge in [0, 0.05) is 31.3 Å². The SMILES string of the molecule is CC(=O)N(CCC(=O)Nc1ccc(F)cc1)c1ccc(F)c(Cl)c1. The first kappa shape index (κ1) is 17.9. The van der Waals surface area contributed by atoms with Crippen molar-refractivity contribution in [1.29, 1.82) is 0 Å². The molecule has 0 aliphatic carbocycles. The minimum atomic E-state index is -0.585. The fourth-order valence-electron chi connectivity index (χ4n) is 2.09. The van der Waals surface area contributed by atoms with Gasteiger partial charge >= 0.3 is 0 Å². The minimum absolute atomic E-state index is 0.0198. The average Bonchev–Trinajstić information content (AvgIpc) is 2.53. The Labute approximate surface area is 143 Å². The third-order valence-electron chi connectivity index (χ3n) is 3.29. The molecule has 0 spiro atoms. The molecule has 0 saturated carbocycles. The maximum absolute atomic E-state index is 13.2. The van der Waals surface area contributed by atoms with Crippen LogP contribution in [-0.4, -0.2) is 18.4 Å². The van der Waals surface area contributed by atoms with Gasteiger partial charge in [-0.2, -0.15) is 0 Å². The molecule has 0 atom stereocenters. The summed E-state index contributed by atoms with van der Waals surface area (Å²) in [5, 5.41) is 2.50. The van der Waals surface area contributed by atoms with Crippen molar-refractivity contribution in [3.8, 4) is 0 Å². The maximum Gasteiger partial charge on any atom is 0.226 e. The van der Waals surface area contributed by atoms with Crippen molar-refractivity contribution < 1.29 is 18.4 Å². The number of anilines is 2. The quantitative estimate of drug-likeness (QED) is 0.884. The summed E-state index contributed by atoms with van der Waals surface area (Å²) in [6.45, 7) is 1.44. The molecule has 0 heterocycles. The Kier molecular flexibility index (Phi) is 5.87. The number of nitrogens with zero attached hydrogens (tertiary/aromatic N) is 1. The first-order valence-electron chi connectivity index (χ1n) is 7.15. The van der Waals surface area contributed by atoms with Crippen LogP contribution in [0.1, 0.15) is 13.3 Å². The van der Waals surface area contributed by atoms with Crippen molar-refractivity contribution >= 4 is 34.8 Å². The number of hydrogen-bond donors (Lipinski definition) is 1. The molecule has 2 amide bonds. The van der Waals surface area contributed by atoms with Gasteiger partial charge in [0.1, 0.15) is 11.6 Å². The predicted molar refractivity (Wildman–Crippen MR) is 89.1 cm³/mol. The zero-order valence-electron chi connectivity index (χ0n) is 12.9. The fraction of sp³-hybridized carbons (Fsp3) is 0.176. The number of nitrogens with one attached hydrogen (secondary N) is 1. The van der Waals surface area contributed by atoms with E-state index in [0.29, 0.717) is 11.4 Å². The summed E-state index contributed by atoms with van der Waals surface area (Å²) < 4.78 is 26.0. The van der Waals surface area contributed by atoms with E-state index < -0.39 is 11.6 Å². The average molecular weight is 353 g/mol. The summed E-state index contributed by atoms with van der Waals surface area (Å²) >= 11 is 5.72. The van der Waals surface area contributed by atoms with Gasteiger partial charge in [0.2, 0.25) is 11.8 Å². The maximum atomic E-state index is 13.2. The molecule has 24 heavy (non-hydrogen) atoms. The number of carbonyl (C=O) groups is 2. The number of benzene rings is 2. The van der Waals surface area contributed by atoms with E-state index >= 15 is 0 Å². The Bertz CT molecular complexity index is 751. The van der Waals surface area contributed by atoms with Crippen LogP contribution in [0, 0.1) is 11.6 Å². The zero-order chi connectivity index (χ0) is 17.7. The molecular weight excluding hydrogens is 338 g/mol. The second kappa shape index (κ2) is 7.88. The van der Waals surface area contributed by atoms with Crippen molar-refractivity contribution in [2.75, 3.05) is 16.8 Å². The van der Waals surface area contributed by atoms with Gasteiger partial charge in [-0.15, -0.1) is 0 Å². The summed E-state index contributed by atoms with van der Waals surface area (Å²) in [6.07, 6.45) is 0.0198. The molecule has 7 heteroatoms. The second-order valence-corrected chi connectivity index (χ2v) is 5.48. The molecule has 0 aliphatic rings. The van der Waals surface area contributed by atoms with Crippen molar-refractivity contribution in [1.82, 2.24) is 0 Å². The van der Waals surface area contributed by atoms with E-state index in [4.69, 9.17) is 11.6 Å². The molecule has 2 aromatic carbocycles. The Morgan fingerprint density at radius 3 is 2.38 bits per heavy atom. The minimum Gasteiger partial charge on any atom is -0.326 e. The molecule has 126 valence electrons. The highest BCUT2D eigenvalue weighted by Gasteiger charge is 2.15. The molecule has 0 saturated heterocycles. The molecule has 0 radical (unpaired) electrons. The summed E-state index contributed by atoms with van der Waals surface area (Å²) in [7, 11) is 0. The largest absolute Gasteiger partial charge is 0.326 e. The van der Waals surface area contributed by atoms with Crippen LogP contribution in [0.3, 0.4) is 0 Å². The van der Waals surface area contributed by atoms with E-state index in [0.717, 1.165) is 6.07 Å². The molecule has 0 aromatic heterocycles. The Morgan fingerprint density at radius 2 is 1.79 bits per heavy atom. The Hall–Kier alpha value is -2.47. The Morgan fingerprint density at radius 1 is 1.12 bits per heavy atom. The van der Waals surface area contributed by atoms with Crippen molar-refractivity contribution in [2.45, 2.75) is 13.3 Å². The molecule has 0 fully saturated rings. The molecule has 2 rings (SSSR count). The lowest BCUT2D eigenvalue weighted by Crippen LogP contribution is -2.32. The predicted octanol–water partition coefficient (Wildman–Crippen LogP) is 4.00. The topological polar surface area (TPSA) is 49.4 Å². The molecule has 1 N–H and O–H groups in total. The van der Waals surface area contributed by atoms with E-state index in [9.17, 15) is 18.4 Å². The van der Waals surface area contributed by atoms with Gasteiger partial charge in [0.05, 0.1) is 5.02 Å². The van der Waals surface area contributed by atoms with Crippen molar-refractivity contribution in [2.24, 2.45) is 0 Å². The first-order chi connectivity index (χ1) is 11.4. The van der Waals surface area contributed by atoms with Crippen LogP contribution in [0.4, 0.5) is 20.2 Å². The van der Waals surface area contributed by atoms with Gasteiger partial charge in [-0.05, 0) is 42.5 Å². The number of hydrogen-bond acceptors (Lipinski definition) is 2. The highest BCUT2D eigenvalue weighted by molar-refractivity contribution is 6.31. The van der Waals surface area contributed by atoms with Crippen molar-refractivity contribution in [3.05, 3.63) is 59.1 Å². The lowest BCUT2D eigenvalue weighted by molar-refractivity contribution is -0.117. The highest BCUT2D eigenvalue weighted by Crippen LogP contribution is 2.23. The number of amides is 2. The lowest BCUT2D eigenvalue weighted by Gasteiger charge is -2.21. The van der Waals surface area contributed by atoms with E-state index in [2.05, 4.69) is 5.32 Å². The first-order valence-corrected chi connectivity index (χ1v) is 7.53. The molecule has 0 bridgehead atoms. The summed E-state index contributed by atoms with van der Waals surface area (Å²) in [4.78, 5) is 25.0. The van der Waals surface area contributed by atoms with Crippen LogP contribution in [0.25, 0.3) is 0 Å². The monoisotopic (exact) mass is 352 g/mol. The van der Waals surface area contributed by atoms with Crippen LogP contribution in [-0.2, 0) is 9.59 Å². The van der Waals surface area contributed by atoms with Gasteiger partial charge in [-0.25, -0.2) is 8.78 Å². The standard InChI is InChI=1S/C17H15ClF2N2O2/c1-11(23)22(14-6-7-16(20)15(18)10-14)9-8-17(24)21-13-4-2-12(19)3-5-13/h2-7,10H,8-9H2,1H3,(H,21,24). The van der Waals surface area contributed by atoms with E-state index in [-0.39, 0.29) is 29.8 Å². The number of carbonyl (C=O) groups excluding carboxylic acids is 2. The van der Waals surface area contributed by atoms with Gasteiger partial charge < -0.3 is 10.2 Å². The van der Waals surface area contributed by atoms with E-state index in [1.807, 2.05) is 0 Å². The fourth-order valence-corrected chi connectivity index (χ4v) is 2.27. The van der Waals surface area contributed by atoms with Gasteiger partial charge in [0.15, 0.2) is 0 Å². The summed E-state index contributed by atoms with van der Waals surface area (Å²) in [5.74, 6) is -1.62. The second-order valence-electron chi connectivity index (χ2n) is 5.07. The molecular formula is C17H15ClF2N2O2.